The molecule has 1 aromatic heterocycles. The highest BCUT2D eigenvalue weighted by Gasteiger charge is 2.20. The van der Waals surface area contributed by atoms with E-state index in [1.165, 1.54) is 18.3 Å². The van der Waals surface area contributed by atoms with E-state index in [1.54, 1.807) is 26.2 Å². The van der Waals surface area contributed by atoms with Crippen LogP contribution in [0.1, 0.15) is 11.1 Å². The number of aryl methyl sites for hydroxylation is 1. The van der Waals surface area contributed by atoms with E-state index in [1.807, 2.05) is 6.92 Å². The van der Waals surface area contributed by atoms with Crippen LogP contribution in [-0.2, 0) is 10.0 Å². The van der Waals surface area contributed by atoms with Gasteiger partial charge in [0.2, 0.25) is 0 Å². The molecule has 2 aromatic rings. The monoisotopic (exact) mass is 326 g/mol. The predicted molar refractivity (Wildman–Crippen MR) is 82.5 cm³/mol. The summed E-state index contributed by atoms with van der Waals surface area (Å²) in [4.78, 5) is 3.71. The molecule has 0 atom stereocenters. The molecule has 0 saturated carbocycles. The largest absolute Gasteiger partial charge is 0.496 e. The van der Waals surface area contributed by atoms with Crippen molar-refractivity contribution >= 4 is 27.3 Å². The van der Waals surface area contributed by atoms with Gasteiger partial charge in [0.25, 0.3) is 10.0 Å². The maximum absolute atomic E-state index is 12.4. The first-order chi connectivity index (χ1) is 9.86. The van der Waals surface area contributed by atoms with Gasteiger partial charge in [-0.2, -0.15) is 0 Å². The normalized spacial score (nSPS) is 11.2. The summed E-state index contributed by atoms with van der Waals surface area (Å²) in [7, 11) is -2.26. The second-order valence-electron chi connectivity index (χ2n) is 4.49. The van der Waals surface area contributed by atoms with Gasteiger partial charge in [-0.3, -0.25) is 4.72 Å². The number of benzene rings is 1. The van der Waals surface area contributed by atoms with E-state index in [-0.39, 0.29) is 10.0 Å². The van der Waals surface area contributed by atoms with Gasteiger partial charge in [-0.1, -0.05) is 17.7 Å². The molecular weight excluding hydrogens is 312 g/mol. The Hall–Kier alpha value is -1.79. The third kappa shape index (κ3) is 3.11. The summed E-state index contributed by atoms with van der Waals surface area (Å²) in [5.74, 6) is 0.646. The third-order valence-electron chi connectivity index (χ3n) is 3.07. The van der Waals surface area contributed by atoms with Gasteiger partial charge < -0.3 is 4.74 Å². The van der Waals surface area contributed by atoms with Crippen molar-refractivity contribution < 1.29 is 13.2 Å². The summed E-state index contributed by atoms with van der Waals surface area (Å²) < 4.78 is 32.6. The highest BCUT2D eigenvalue weighted by Crippen LogP contribution is 2.31. The second kappa shape index (κ2) is 5.91. The Morgan fingerprint density at radius 3 is 2.57 bits per heavy atom. The van der Waals surface area contributed by atoms with E-state index in [0.717, 1.165) is 5.56 Å². The molecule has 112 valence electrons. The number of sulfonamides is 1. The first kappa shape index (κ1) is 15.6. The summed E-state index contributed by atoms with van der Waals surface area (Å²) in [6.45, 7) is 3.68. The maximum atomic E-state index is 12.4. The number of pyridine rings is 1. The van der Waals surface area contributed by atoms with Crippen LogP contribution in [0.2, 0.25) is 5.15 Å². The number of hydrogen-bond acceptors (Lipinski definition) is 4. The quantitative estimate of drug-likeness (QED) is 0.876. The van der Waals surface area contributed by atoms with Crippen LogP contribution in [0.15, 0.2) is 35.4 Å². The number of rotatable bonds is 4. The molecule has 0 fully saturated rings. The van der Waals surface area contributed by atoms with Crippen LogP contribution in [0.5, 0.6) is 5.75 Å². The highest BCUT2D eigenvalue weighted by molar-refractivity contribution is 7.92. The molecule has 0 aliphatic rings. The molecule has 0 aliphatic carbocycles. The molecule has 0 spiro atoms. The number of hydrogen-bond donors (Lipinski definition) is 1. The Bertz CT molecular complexity index is 776. The van der Waals surface area contributed by atoms with Crippen LogP contribution in [0.4, 0.5) is 5.69 Å². The van der Waals surface area contributed by atoms with E-state index in [0.29, 0.717) is 17.0 Å². The third-order valence-corrected chi connectivity index (χ3v) is 4.88. The van der Waals surface area contributed by atoms with Gasteiger partial charge in [0, 0.05) is 11.8 Å². The Morgan fingerprint density at radius 2 is 1.95 bits per heavy atom. The van der Waals surface area contributed by atoms with Crippen molar-refractivity contribution in [2.24, 2.45) is 0 Å². The van der Waals surface area contributed by atoms with E-state index in [9.17, 15) is 8.42 Å². The van der Waals surface area contributed by atoms with Crippen LogP contribution >= 0.6 is 11.6 Å². The Kier molecular flexibility index (Phi) is 4.39. The average molecular weight is 327 g/mol. The van der Waals surface area contributed by atoms with Crippen LogP contribution in [0, 0.1) is 13.8 Å². The van der Waals surface area contributed by atoms with Crippen molar-refractivity contribution in [1.82, 2.24) is 4.98 Å². The van der Waals surface area contributed by atoms with Crippen LogP contribution in [0.25, 0.3) is 0 Å². The maximum Gasteiger partial charge on any atom is 0.264 e. The lowest BCUT2D eigenvalue weighted by Gasteiger charge is -2.15. The first-order valence-electron chi connectivity index (χ1n) is 6.14. The Morgan fingerprint density at radius 1 is 1.24 bits per heavy atom. The molecule has 2 rings (SSSR count). The van der Waals surface area contributed by atoms with Crippen molar-refractivity contribution in [3.63, 3.8) is 0 Å². The van der Waals surface area contributed by atoms with E-state index in [4.69, 9.17) is 16.3 Å². The van der Waals surface area contributed by atoms with Gasteiger partial charge in [-0.25, -0.2) is 13.4 Å². The number of methoxy groups -OCH3 is 1. The summed E-state index contributed by atoms with van der Waals surface area (Å²) in [6.07, 6.45) is 1.43. The van der Waals surface area contributed by atoms with Crippen LogP contribution in [-0.4, -0.2) is 20.5 Å². The lowest BCUT2D eigenvalue weighted by molar-refractivity contribution is 0.409. The van der Waals surface area contributed by atoms with Crippen molar-refractivity contribution in [3.8, 4) is 5.75 Å². The topological polar surface area (TPSA) is 68.3 Å². The number of nitrogens with one attached hydrogen (secondary N) is 1. The lowest BCUT2D eigenvalue weighted by Crippen LogP contribution is -2.15. The second-order valence-corrected chi connectivity index (χ2v) is 6.49. The van der Waals surface area contributed by atoms with Crippen molar-refractivity contribution in [2.45, 2.75) is 18.7 Å². The standard InChI is InChI=1S/C14H15ClN2O3S/c1-9-6-7-11(10(2)13(9)20-3)17-21(18,19)12-5-4-8-16-14(12)15/h4-8,17H,1-3H3. The number of halogens is 1. The van der Waals surface area contributed by atoms with Crippen molar-refractivity contribution in [2.75, 3.05) is 11.8 Å². The molecule has 0 bridgehead atoms. The predicted octanol–water partition coefficient (Wildman–Crippen LogP) is 3.16. The van der Waals surface area contributed by atoms with Gasteiger partial charge in [-0.15, -0.1) is 0 Å². The molecule has 1 N–H and O–H groups in total. The molecule has 1 aromatic carbocycles. The molecule has 1 heterocycles. The first-order valence-corrected chi connectivity index (χ1v) is 8.00. The molecule has 0 radical (unpaired) electrons. The minimum atomic E-state index is -3.80. The number of anilines is 1. The number of nitrogens with zero attached hydrogens (tertiary/aromatic N) is 1. The smallest absolute Gasteiger partial charge is 0.264 e. The van der Waals surface area contributed by atoms with Gasteiger partial charge in [0.15, 0.2) is 0 Å². The Balaban J connectivity index is 2.45. The zero-order valence-electron chi connectivity index (χ0n) is 11.8. The fourth-order valence-corrected chi connectivity index (χ4v) is 3.60. The molecule has 21 heavy (non-hydrogen) atoms. The van der Waals surface area contributed by atoms with E-state index in [2.05, 4.69) is 9.71 Å². The molecule has 0 saturated heterocycles. The van der Waals surface area contributed by atoms with Gasteiger partial charge in [-0.05, 0) is 37.6 Å². The molecule has 0 aliphatic heterocycles. The van der Waals surface area contributed by atoms with Gasteiger partial charge in [0.05, 0.1) is 12.8 Å². The summed E-state index contributed by atoms with van der Waals surface area (Å²) in [5, 5.41) is -0.0678. The fourth-order valence-electron chi connectivity index (χ4n) is 2.02. The number of aromatic nitrogens is 1. The van der Waals surface area contributed by atoms with Gasteiger partial charge in [0.1, 0.15) is 15.8 Å². The number of ether oxygens (including phenoxy) is 1. The minimum absolute atomic E-state index is 0.0643. The molecule has 7 heteroatoms. The molecule has 5 nitrogen and oxygen atoms in total. The van der Waals surface area contributed by atoms with Crippen molar-refractivity contribution in [1.29, 1.82) is 0 Å². The highest BCUT2D eigenvalue weighted by atomic mass is 35.5. The van der Waals surface area contributed by atoms with Gasteiger partial charge >= 0.3 is 0 Å². The average Bonchev–Trinajstić information content (AvgIpc) is 2.43. The summed E-state index contributed by atoms with van der Waals surface area (Å²) >= 11 is 5.84. The van der Waals surface area contributed by atoms with E-state index < -0.39 is 10.0 Å². The zero-order chi connectivity index (χ0) is 15.6. The SMILES string of the molecule is COc1c(C)ccc(NS(=O)(=O)c2cccnc2Cl)c1C. The molecular formula is C14H15ClN2O3S. The molecule has 0 unspecified atom stereocenters. The zero-order valence-corrected chi connectivity index (χ0v) is 13.4. The summed E-state index contributed by atoms with van der Waals surface area (Å²) in [5.41, 5.74) is 2.08. The van der Waals surface area contributed by atoms with Crippen molar-refractivity contribution in [3.05, 3.63) is 46.7 Å². The van der Waals surface area contributed by atoms with Crippen LogP contribution < -0.4 is 9.46 Å². The minimum Gasteiger partial charge on any atom is -0.496 e. The fraction of sp³-hybridized carbons (Fsp3) is 0.214. The summed E-state index contributed by atoms with van der Waals surface area (Å²) in [6, 6.07) is 6.39. The van der Waals surface area contributed by atoms with Crippen LogP contribution in [0.3, 0.4) is 0 Å². The molecule has 0 amide bonds. The Labute approximate surface area is 129 Å². The lowest BCUT2D eigenvalue weighted by atomic mass is 10.1. The van der Waals surface area contributed by atoms with E-state index >= 15 is 0 Å².